The zero-order valence-corrected chi connectivity index (χ0v) is 14.2. The predicted octanol–water partition coefficient (Wildman–Crippen LogP) is 5.05. The van der Waals surface area contributed by atoms with Gasteiger partial charge in [0.05, 0.1) is 0 Å². The van der Waals surface area contributed by atoms with Crippen LogP contribution in [0.4, 0.5) is 0 Å². The van der Waals surface area contributed by atoms with Crippen molar-refractivity contribution in [3.63, 3.8) is 0 Å². The van der Waals surface area contributed by atoms with Crippen molar-refractivity contribution >= 4 is 45.3 Å². The van der Waals surface area contributed by atoms with Crippen molar-refractivity contribution in [3.8, 4) is 11.1 Å². The van der Waals surface area contributed by atoms with Gasteiger partial charge in [0.25, 0.3) is 0 Å². The average Bonchev–Trinajstić information content (AvgIpc) is 2.71. The standard InChI is InChI=1S/C24H16BO/c26-25-24-21-11-5-3-9-19(21)23(20-10-4-6-12-22(20)24)18-14-13-16-7-1-2-8-17(16)15-18/h1-15,26H. The molecule has 26 heavy (non-hydrogen) atoms. The summed E-state index contributed by atoms with van der Waals surface area (Å²) in [5, 5.41) is 16.8. The SMILES string of the molecule is O[B]c1c2ccccc2c(-c2ccc3ccccc3c2)c2ccccc12. The maximum atomic E-state index is 9.91. The molecule has 0 amide bonds. The molecule has 2 heteroatoms. The second-order valence-corrected chi connectivity index (χ2v) is 6.57. The van der Waals surface area contributed by atoms with Gasteiger partial charge in [-0.15, -0.1) is 0 Å². The van der Waals surface area contributed by atoms with E-state index in [1.807, 2.05) is 12.1 Å². The van der Waals surface area contributed by atoms with Crippen LogP contribution in [-0.2, 0) is 0 Å². The predicted molar refractivity (Wildman–Crippen MR) is 112 cm³/mol. The van der Waals surface area contributed by atoms with Gasteiger partial charge in [0.2, 0.25) is 0 Å². The first-order chi connectivity index (χ1) is 12.9. The number of hydrogen-bond acceptors (Lipinski definition) is 1. The summed E-state index contributed by atoms with van der Waals surface area (Å²) in [5.74, 6) is 0. The molecule has 0 atom stereocenters. The van der Waals surface area contributed by atoms with Crippen molar-refractivity contribution < 1.29 is 5.02 Å². The largest absolute Gasteiger partial charge is 0.450 e. The molecule has 0 heterocycles. The molecule has 5 rings (SSSR count). The van der Waals surface area contributed by atoms with Crippen LogP contribution in [0.5, 0.6) is 0 Å². The second kappa shape index (κ2) is 6.01. The van der Waals surface area contributed by atoms with Crippen molar-refractivity contribution in [1.29, 1.82) is 0 Å². The molecular weight excluding hydrogens is 315 g/mol. The lowest BCUT2D eigenvalue weighted by atomic mass is 9.77. The van der Waals surface area contributed by atoms with Gasteiger partial charge in [0.1, 0.15) is 0 Å². The summed E-state index contributed by atoms with van der Waals surface area (Å²) in [6, 6.07) is 31.7. The molecule has 1 nitrogen and oxygen atoms in total. The van der Waals surface area contributed by atoms with Gasteiger partial charge >= 0.3 is 7.48 Å². The van der Waals surface area contributed by atoms with Gasteiger partial charge in [-0.05, 0) is 55.0 Å². The molecule has 5 aromatic rings. The van der Waals surface area contributed by atoms with E-state index in [-0.39, 0.29) is 0 Å². The van der Waals surface area contributed by atoms with Crippen molar-refractivity contribution in [2.24, 2.45) is 0 Å². The lowest BCUT2D eigenvalue weighted by Gasteiger charge is -2.16. The van der Waals surface area contributed by atoms with Crippen LogP contribution in [0.25, 0.3) is 43.4 Å². The Labute approximate surface area is 152 Å². The first kappa shape index (κ1) is 15.2. The molecule has 0 unspecified atom stereocenters. The summed E-state index contributed by atoms with van der Waals surface area (Å²) < 4.78 is 0. The fourth-order valence-electron chi connectivity index (χ4n) is 3.96. The van der Waals surface area contributed by atoms with Gasteiger partial charge in [-0.1, -0.05) is 84.9 Å². The van der Waals surface area contributed by atoms with E-state index in [1.54, 1.807) is 0 Å². The zero-order valence-electron chi connectivity index (χ0n) is 14.2. The third-order valence-electron chi connectivity index (χ3n) is 5.14. The molecule has 0 bridgehead atoms. The van der Waals surface area contributed by atoms with Gasteiger partial charge < -0.3 is 5.02 Å². The third-order valence-corrected chi connectivity index (χ3v) is 5.14. The summed E-state index contributed by atoms with van der Waals surface area (Å²) in [6.07, 6.45) is 0. The molecule has 0 saturated carbocycles. The Hall–Kier alpha value is -3.10. The Bertz CT molecular complexity index is 1220. The van der Waals surface area contributed by atoms with Crippen LogP contribution in [0, 0.1) is 0 Å². The molecule has 5 aromatic carbocycles. The quantitative estimate of drug-likeness (QED) is 0.354. The Morgan fingerprint density at radius 1 is 0.538 bits per heavy atom. The molecule has 0 fully saturated rings. The van der Waals surface area contributed by atoms with Crippen LogP contribution in [0.3, 0.4) is 0 Å². The van der Waals surface area contributed by atoms with E-state index in [2.05, 4.69) is 78.9 Å². The van der Waals surface area contributed by atoms with E-state index in [0.29, 0.717) is 0 Å². The number of benzene rings is 5. The van der Waals surface area contributed by atoms with E-state index < -0.39 is 0 Å². The Morgan fingerprint density at radius 2 is 1.08 bits per heavy atom. The molecule has 0 spiro atoms. The normalized spacial score (nSPS) is 11.3. The van der Waals surface area contributed by atoms with Crippen molar-refractivity contribution in [1.82, 2.24) is 0 Å². The molecule has 0 aromatic heterocycles. The van der Waals surface area contributed by atoms with Crippen LogP contribution in [0.1, 0.15) is 0 Å². The van der Waals surface area contributed by atoms with Gasteiger partial charge in [-0.3, -0.25) is 0 Å². The topological polar surface area (TPSA) is 20.2 Å². The second-order valence-electron chi connectivity index (χ2n) is 6.57. The maximum absolute atomic E-state index is 9.91. The van der Waals surface area contributed by atoms with Crippen LogP contribution in [0.2, 0.25) is 0 Å². The summed E-state index contributed by atoms with van der Waals surface area (Å²) in [5.41, 5.74) is 3.29. The van der Waals surface area contributed by atoms with E-state index in [0.717, 1.165) is 27.0 Å². The number of hydrogen-bond donors (Lipinski definition) is 1. The van der Waals surface area contributed by atoms with E-state index in [9.17, 15) is 5.02 Å². The summed E-state index contributed by atoms with van der Waals surface area (Å²) in [6.45, 7) is 0. The van der Waals surface area contributed by atoms with E-state index in [1.165, 1.54) is 29.4 Å². The Balaban J connectivity index is 1.96. The lowest BCUT2D eigenvalue weighted by molar-refractivity contribution is 0.616. The van der Waals surface area contributed by atoms with Gasteiger partial charge in [-0.25, -0.2) is 0 Å². The molecule has 121 valence electrons. The Kier molecular flexibility index (Phi) is 3.51. The van der Waals surface area contributed by atoms with Gasteiger partial charge in [0.15, 0.2) is 0 Å². The molecular formula is C24H16BO. The highest BCUT2D eigenvalue weighted by Crippen LogP contribution is 2.36. The van der Waals surface area contributed by atoms with Crippen molar-refractivity contribution in [3.05, 3.63) is 91.0 Å². The third kappa shape index (κ3) is 2.23. The fourth-order valence-corrected chi connectivity index (χ4v) is 3.96. The van der Waals surface area contributed by atoms with E-state index >= 15 is 0 Å². The van der Waals surface area contributed by atoms with Crippen LogP contribution < -0.4 is 5.46 Å². The summed E-state index contributed by atoms with van der Waals surface area (Å²) in [7, 11) is 1.23. The first-order valence-electron chi connectivity index (χ1n) is 8.77. The molecule has 1 N–H and O–H groups in total. The highest BCUT2D eigenvalue weighted by atomic mass is 16.2. The molecule has 1 radical (unpaired) electrons. The molecule has 0 saturated heterocycles. The summed E-state index contributed by atoms with van der Waals surface area (Å²) >= 11 is 0. The zero-order chi connectivity index (χ0) is 17.5. The van der Waals surface area contributed by atoms with E-state index in [4.69, 9.17) is 0 Å². The smallest absolute Gasteiger partial charge is 0.328 e. The number of rotatable bonds is 2. The highest BCUT2D eigenvalue weighted by Gasteiger charge is 2.15. The molecule has 0 aliphatic heterocycles. The molecule has 0 aliphatic carbocycles. The Morgan fingerprint density at radius 3 is 1.69 bits per heavy atom. The monoisotopic (exact) mass is 331 g/mol. The molecule has 0 aliphatic rings. The maximum Gasteiger partial charge on any atom is 0.328 e. The van der Waals surface area contributed by atoms with Crippen molar-refractivity contribution in [2.75, 3.05) is 0 Å². The highest BCUT2D eigenvalue weighted by molar-refractivity contribution is 6.55. The number of fused-ring (bicyclic) bond motifs is 3. The minimum Gasteiger partial charge on any atom is -0.450 e. The van der Waals surface area contributed by atoms with Crippen LogP contribution in [0.15, 0.2) is 91.0 Å². The van der Waals surface area contributed by atoms with Gasteiger partial charge in [-0.2, -0.15) is 0 Å². The van der Waals surface area contributed by atoms with Crippen LogP contribution in [-0.4, -0.2) is 12.5 Å². The van der Waals surface area contributed by atoms with Crippen LogP contribution >= 0.6 is 0 Å². The van der Waals surface area contributed by atoms with Gasteiger partial charge in [0, 0.05) is 0 Å². The van der Waals surface area contributed by atoms with Crippen molar-refractivity contribution in [2.45, 2.75) is 0 Å². The summed E-state index contributed by atoms with van der Waals surface area (Å²) in [4.78, 5) is 0. The lowest BCUT2D eigenvalue weighted by Crippen LogP contribution is -2.16. The first-order valence-corrected chi connectivity index (χ1v) is 8.77. The fraction of sp³-hybridized carbons (Fsp3) is 0. The minimum absolute atomic E-state index is 0.876. The minimum atomic E-state index is 0.876. The average molecular weight is 331 g/mol.